The molecule has 2 heterocycles. The summed E-state index contributed by atoms with van der Waals surface area (Å²) in [7, 11) is 1.67. The number of hydrogen-bond acceptors (Lipinski definition) is 5. The van der Waals surface area contributed by atoms with Gasteiger partial charge in [0.05, 0.1) is 13.2 Å². The van der Waals surface area contributed by atoms with Crippen LogP contribution in [0.2, 0.25) is 0 Å². The van der Waals surface area contributed by atoms with Gasteiger partial charge in [-0.15, -0.1) is 0 Å². The second kappa shape index (κ2) is 8.49. The van der Waals surface area contributed by atoms with E-state index in [2.05, 4.69) is 33.0 Å². The molecule has 2 aliphatic heterocycles. The van der Waals surface area contributed by atoms with Gasteiger partial charge in [-0.1, -0.05) is 12.1 Å². The van der Waals surface area contributed by atoms with Crippen molar-refractivity contribution in [2.75, 3.05) is 20.2 Å². The van der Waals surface area contributed by atoms with Crippen molar-refractivity contribution in [3.8, 4) is 5.75 Å². The molecule has 0 unspecified atom stereocenters. The molecule has 2 amide bonds. The SMILES string of the molecule is COc1ccc(CN[C@@H]2C[C@@H]3C(=O)NC[C@@H](CCC(=O)NC4CC4)N3C2)cc1. The summed E-state index contributed by atoms with van der Waals surface area (Å²) in [6.45, 7) is 2.26. The Labute approximate surface area is 166 Å². The van der Waals surface area contributed by atoms with Crippen LogP contribution in [0.25, 0.3) is 0 Å². The van der Waals surface area contributed by atoms with Crippen LogP contribution in [0.5, 0.6) is 5.75 Å². The van der Waals surface area contributed by atoms with Crippen LogP contribution in [-0.2, 0) is 16.1 Å². The number of rotatable bonds is 8. The third-order valence-corrected chi connectivity index (χ3v) is 6.02. The first-order valence-corrected chi connectivity index (χ1v) is 10.3. The summed E-state index contributed by atoms with van der Waals surface area (Å²) >= 11 is 0. The van der Waals surface area contributed by atoms with Crippen LogP contribution < -0.4 is 20.7 Å². The molecule has 1 aromatic carbocycles. The number of carbonyl (C=O) groups excluding carboxylic acids is 2. The van der Waals surface area contributed by atoms with Crippen molar-refractivity contribution in [1.29, 1.82) is 0 Å². The topological polar surface area (TPSA) is 82.7 Å². The van der Waals surface area contributed by atoms with Gasteiger partial charge in [-0.3, -0.25) is 14.5 Å². The minimum absolute atomic E-state index is 0.0846. The fraction of sp³-hybridized carbons (Fsp3) is 0.619. The number of nitrogens with one attached hydrogen (secondary N) is 3. The molecule has 1 aliphatic carbocycles. The number of methoxy groups -OCH3 is 1. The average molecular weight is 386 g/mol. The van der Waals surface area contributed by atoms with Crippen LogP contribution in [0.3, 0.4) is 0 Å². The lowest BCUT2D eigenvalue weighted by Crippen LogP contribution is -2.58. The number of hydrogen-bond donors (Lipinski definition) is 3. The first-order chi connectivity index (χ1) is 13.6. The molecule has 2 saturated heterocycles. The summed E-state index contributed by atoms with van der Waals surface area (Å²) in [5, 5.41) is 9.67. The first kappa shape index (κ1) is 19.2. The molecular formula is C21H30N4O3. The molecule has 0 radical (unpaired) electrons. The molecule has 1 aromatic rings. The number of benzene rings is 1. The highest BCUT2D eigenvalue weighted by Crippen LogP contribution is 2.26. The van der Waals surface area contributed by atoms with E-state index in [9.17, 15) is 9.59 Å². The van der Waals surface area contributed by atoms with Crippen molar-refractivity contribution in [2.45, 2.75) is 62.8 Å². The first-order valence-electron chi connectivity index (χ1n) is 10.3. The molecule has 0 aromatic heterocycles. The zero-order chi connectivity index (χ0) is 19.5. The van der Waals surface area contributed by atoms with Gasteiger partial charge in [-0.05, 0) is 43.4 Å². The van der Waals surface area contributed by atoms with Crippen LogP contribution >= 0.6 is 0 Å². The van der Waals surface area contributed by atoms with E-state index >= 15 is 0 Å². The molecule has 3 N–H and O–H groups in total. The van der Waals surface area contributed by atoms with Crippen molar-refractivity contribution in [3.63, 3.8) is 0 Å². The third kappa shape index (κ3) is 4.64. The highest BCUT2D eigenvalue weighted by molar-refractivity contribution is 5.83. The van der Waals surface area contributed by atoms with Gasteiger partial charge in [-0.25, -0.2) is 0 Å². The maximum absolute atomic E-state index is 12.3. The lowest BCUT2D eigenvalue weighted by atomic mass is 10.0. The van der Waals surface area contributed by atoms with Gasteiger partial charge >= 0.3 is 0 Å². The lowest BCUT2D eigenvalue weighted by Gasteiger charge is -2.37. The number of amides is 2. The van der Waals surface area contributed by atoms with Crippen LogP contribution in [0, 0.1) is 0 Å². The quantitative estimate of drug-likeness (QED) is 0.615. The molecule has 4 rings (SSSR count). The Balaban J connectivity index is 1.28. The smallest absolute Gasteiger partial charge is 0.237 e. The van der Waals surface area contributed by atoms with E-state index in [0.29, 0.717) is 19.0 Å². The van der Waals surface area contributed by atoms with E-state index in [1.165, 1.54) is 5.56 Å². The molecule has 28 heavy (non-hydrogen) atoms. The summed E-state index contributed by atoms with van der Waals surface area (Å²) in [4.78, 5) is 26.7. The van der Waals surface area contributed by atoms with Crippen molar-refractivity contribution >= 4 is 11.8 Å². The molecule has 0 spiro atoms. The normalized spacial score (nSPS) is 27.2. The summed E-state index contributed by atoms with van der Waals surface area (Å²) < 4.78 is 5.20. The Morgan fingerprint density at radius 1 is 1.25 bits per heavy atom. The summed E-state index contributed by atoms with van der Waals surface area (Å²) in [5.41, 5.74) is 1.20. The average Bonchev–Trinajstić information content (AvgIpc) is 3.41. The second-order valence-corrected chi connectivity index (χ2v) is 8.15. The van der Waals surface area contributed by atoms with Crippen molar-refractivity contribution < 1.29 is 14.3 Å². The molecule has 0 bridgehead atoms. The molecule has 1 saturated carbocycles. The highest BCUT2D eigenvalue weighted by Gasteiger charge is 2.43. The zero-order valence-corrected chi connectivity index (χ0v) is 16.4. The van der Waals surface area contributed by atoms with E-state index in [-0.39, 0.29) is 29.9 Å². The highest BCUT2D eigenvalue weighted by atomic mass is 16.5. The van der Waals surface area contributed by atoms with Crippen molar-refractivity contribution in [3.05, 3.63) is 29.8 Å². The zero-order valence-electron chi connectivity index (χ0n) is 16.4. The van der Waals surface area contributed by atoms with Crippen molar-refractivity contribution in [1.82, 2.24) is 20.9 Å². The standard InChI is InChI=1S/C21H30N4O3/c1-28-18-7-2-14(3-8-18)11-22-16-10-19-21(27)23-12-17(25(19)13-16)6-9-20(26)24-15-4-5-15/h2-3,7-8,15-17,19,22H,4-6,9-13H2,1H3,(H,23,27)(H,24,26)/t16-,17-,19-/m1/s1. The Kier molecular flexibility index (Phi) is 5.82. The van der Waals surface area contributed by atoms with E-state index in [1.807, 2.05) is 12.1 Å². The van der Waals surface area contributed by atoms with E-state index in [4.69, 9.17) is 4.74 Å². The van der Waals surface area contributed by atoms with Gasteiger partial charge < -0.3 is 20.7 Å². The van der Waals surface area contributed by atoms with E-state index in [1.54, 1.807) is 7.11 Å². The summed E-state index contributed by atoms with van der Waals surface area (Å²) in [5.74, 6) is 1.11. The minimum atomic E-state index is -0.0846. The van der Waals surface area contributed by atoms with Gasteiger partial charge in [0.15, 0.2) is 0 Å². The number of carbonyl (C=O) groups is 2. The number of ether oxygens (including phenoxy) is 1. The van der Waals surface area contributed by atoms with E-state index < -0.39 is 0 Å². The van der Waals surface area contributed by atoms with Crippen LogP contribution in [0.1, 0.15) is 37.7 Å². The Hall–Kier alpha value is -2.12. The third-order valence-electron chi connectivity index (χ3n) is 6.02. The summed E-state index contributed by atoms with van der Waals surface area (Å²) in [6.07, 6.45) is 4.36. The number of fused-ring (bicyclic) bond motifs is 1. The molecule has 7 heteroatoms. The fourth-order valence-corrected chi connectivity index (χ4v) is 4.22. The summed E-state index contributed by atoms with van der Waals surface area (Å²) in [6, 6.07) is 8.88. The Morgan fingerprint density at radius 2 is 2.04 bits per heavy atom. The Bertz CT molecular complexity index is 704. The maximum Gasteiger partial charge on any atom is 0.237 e. The predicted octanol–water partition coefficient (Wildman–Crippen LogP) is 0.785. The number of nitrogens with zero attached hydrogens (tertiary/aromatic N) is 1. The van der Waals surface area contributed by atoms with Crippen LogP contribution in [-0.4, -0.2) is 61.1 Å². The monoisotopic (exact) mass is 386 g/mol. The van der Waals surface area contributed by atoms with Gasteiger partial charge in [0.25, 0.3) is 0 Å². The largest absolute Gasteiger partial charge is 0.497 e. The second-order valence-electron chi connectivity index (χ2n) is 8.15. The van der Waals surface area contributed by atoms with E-state index in [0.717, 1.165) is 44.5 Å². The molecule has 7 nitrogen and oxygen atoms in total. The molecule has 3 aliphatic rings. The number of piperazine rings is 1. The maximum atomic E-state index is 12.3. The predicted molar refractivity (Wildman–Crippen MR) is 106 cm³/mol. The van der Waals surface area contributed by atoms with Gasteiger partial charge in [0.2, 0.25) is 11.8 Å². The lowest BCUT2D eigenvalue weighted by molar-refractivity contribution is -0.129. The molecule has 3 fully saturated rings. The molecular weight excluding hydrogens is 356 g/mol. The fourth-order valence-electron chi connectivity index (χ4n) is 4.22. The van der Waals surface area contributed by atoms with Gasteiger partial charge in [-0.2, -0.15) is 0 Å². The molecule has 152 valence electrons. The Morgan fingerprint density at radius 3 is 2.75 bits per heavy atom. The molecule has 3 atom stereocenters. The van der Waals surface area contributed by atoms with Crippen molar-refractivity contribution in [2.24, 2.45) is 0 Å². The van der Waals surface area contributed by atoms with Crippen LogP contribution in [0.4, 0.5) is 0 Å². The van der Waals surface area contributed by atoms with Crippen LogP contribution in [0.15, 0.2) is 24.3 Å². The minimum Gasteiger partial charge on any atom is -0.497 e. The van der Waals surface area contributed by atoms with Gasteiger partial charge in [0.1, 0.15) is 5.75 Å². The van der Waals surface area contributed by atoms with Gasteiger partial charge in [0, 0.05) is 44.2 Å².